The molecule has 16 heteroatoms. The average molecular weight is 837 g/mol. The van der Waals surface area contributed by atoms with E-state index in [9.17, 15) is 36.6 Å². The van der Waals surface area contributed by atoms with Crippen LogP contribution in [0.2, 0.25) is 0 Å². The van der Waals surface area contributed by atoms with Crippen molar-refractivity contribution in [3.63, 3.8) is 0 Å². The summed E-state index contributed by atoms with van der Waals surface area (Å²) in [4.78, 5) is 35.8. The largest absolute Gasteiger partial charge is 0.388 e. The summed E-state index contributed by atoms with van der Waals surface area (Å²) in [6.45, 7) is 6.77. The number of carbonyl (C=O) groups excluding carboxylic acids is 2. The van der Waals surface area contributed by atoms with E-state index in [2.05, 4.69) is 30.0 Å². The first-order chi connectivity index (χ1) is 27.5. The van der Waals surface area contributed by atoms with Crippen LogP contribution in [0.5, 0.6) is 0 Å². The lowest BCUT2D eigenvalue weighted by Gasteiger charge is -2.35. The first kappa shape index (κ1) is 46.1. The third kappa shape index (κ3) is 15.0. The van der Waals surface area contributed by atoms with Gasteiger partial charge in [0.15, 0.2) is 0 Å². The molecule has 4 aromatic rings. The number of aromatic nitrogens is 2. The quantitative estimate of drug-likeness (QED) is 0.0641. The highest BCUT2D eigenvalue weighted by Crippen LogP contribution is 2.17. The molecule has 4 rings (SSSR count). The molecule has 0 saturated heterocycles. The summed E-state index contributed by atoms with van der Waals surface area (Å²) in [6, 6.07) is 20.0. The summed E-state index contributed by atoms with van der Waals surface area (Å²) in [5.41, 5.74) is 2.95. The van der Waals surface area contributed by atoms with Gasteiger partial charge in [0, 0.05) is 24.8 Å². The van der Waals surface area contributed by atoms with Crippen LogP contribution in [0.1, 0.15) is 49.9 Å². The number of nitrogens with zero attached hydrogens (tertiary/aromatic N) is 2. The van der Waals surface area contributed by atoms with Crippen molar-refractivity contribution in [2.24, 2.45) is 11.8 Å². The zero-order valence-corrected chi connectivity index (χ0v) is 34.9. The topological polar surface area (TPSA) is 217 Å². The molecule has 0 aliphatic heterocycles. The van der Waals surface area contributed by atoms with Gasteiger partial charge in [-0.3, -0.25) is 19.6 Å². The van der Waals surface area contributed by atoms with Crippen molar-refractivity contribution >= 4 is 31.9 Å². The first-order valence-corrected chi connectivity index (χ1v) is 22.7. The molecular weight excluding hydrogens is 781 g/mol. The fourth-order valence-corrected chi connectivity index (χ4v) is 9.14. The van der Waals surface area contributed by atoms with Crippen LogP contribution < -0.4 is 20.1 Å². The van der Waals surface area contributed by atoms with Crippen molar-refractivity contribution in [2.75, 3.05) is 11.5 Å². The van der Waals surface area contributed by atoms with E-state index in [0.717, 1.165) is 11.1 Å². The zero-order valence-electron chi connectivity index (χ0n) is 33.3. The predicted octanol–water partition coefficient (Wildman–Crippen LogP) is 2.33. The van der Waals surface area contributed by atoms with E-state index >= 15 is 0 Å². The fourth-order valence-electron chi connectivity index (χ4n) is 6.36. The number of aliphatic hydroxyl groups excluding tert-OH is 2. The monoisotopic (exact) mass is 836 g/mol. The van der Waals surface area contributed by atoms with Crippen molar-refractivity contribution in [2.45, 2.75) is 89.8 Å². The van der Waals surface area contributed by atoms with Crippen molar-refractivity contribution in [3.05, 3.63) is 132 Å². The minimum atomic E-state index is -3.95. The smallest absolute Gasteiger partial charge is 0.238 e. The van der Waals surface area contributed by atoms with Crippen molar-refractivity contribution in [1.82, 2.24) is 30.0 Å². The Morgan fingerprint density at radius 1 is 0.534 bits per heavy atom. The van der Waals surface area contributed by atoms with E-state index in [0.29, 0.717) is 11.1 Å². The molecule has 0 aliphatic rings. The second kappa shape index (κ2) is 22.0. The SMILES string of the molecule is CC(C)C(NS(=O)(=O)CCc1ccncc1)C(=O)N[C@@H](Cc1ccccc1)[C@H](O)[C@H](O)[C@H](Cc1ccccc1)NC(=O)C(NS(=O)(=O)CCc1ccncc1)C(C)C. The summed E-state index contributed by atoms with van der Waals surface area (Å²) < 4.78 is 57.9. The summed E-state index contributed by atoms with van der Waals surface area (Å²) in [6.07, 6.45) is 3.38. The van der Waals surface area contributed by atoms with Crippen LogP contribution in [-0.4, -0.2) is 96.7 Å². The van der Waals surface area contributed by atoms with E-state index in [1.807, 2.05) is 12.1 Å². The van der Waals surface area contributed by atoms with Gasteiger partial charge in [0.1, 0.15) is 24.3 Å². The molecule has 0 saturated carbocycles. The maximum atomic E-state index is 14.0. The zero-order chi connectivity index (χ0) is 42.3. The number of aliphatic hydroxyl groups is 2. The van der Waals surface area contributed by atoms with Crippen LogP contribution in [0.3, 0.4) is 0 Å². The highest BCUT2D eigenvalue weighted by molar-refractivity contribution is 7.89. The van der Waals surface area contributed by atoms with Gasteiger partial charge < -0.3 is 20.8 Å². The molecule has 6 atom stereocenters. The van der Waals surface area contributed by atoms with Crippen molar-refractivity contribution in [1.29, 1.82) is 0 Å². The van der Waals surface area contributed by atoms with Gasteiger partial charge in [0.25, 0.3) is 0 Å². The van der Waals surface area contributed by atoms with E-state index < -0.39 is 80.1 Å². The maximum absolute atomic E-state index is 14.0. The summed E-state index contributed by atoms with van der Waals surface area (Å²) in [5.74, 6) is -2.97. The van der Waals surface area contributed by atoms with Gasteiger partial charge in [0.2, 0.25) is 31.9 Å². The molecule has 58 heavy (non-hydrogen) atoms. The van der Waals surface area contributed by atoms with E-state index in [1.165, 1.54) is 0 Å². The van der Waals surface area contributed by atoms with Gasteiger partial charge in [0.05, 0.1) is 23.6 Å². The number of carbonyl (C=O) groups is 2. The number of rotatable bonds is 23. The number of hydrogen-bond donors (Lipinski definition) is 6. The van der Waals surface area contributed by atoms with Gasteiger partial charge in [-0.25, -0.2) is 26.3 Å². The molecule has 0 spiro atoms. The van der Waals surface area contributed by atoms with Crippen molar-refractivity contribution < 1.29 is 36.6 Å². The average Bonchev–Trinajstić information content (AvgIpc) is 3.21. The predicted molar refractivity (Wildman–Crippen MR) is 223 cm³/mol. The van der Waals surface area contributed by atoms with Gasteiger partial charge >= 0.3 is 0 Å². The van der Waals surface area contributed by atoms with Crippen molar-refractivity contribution in [3.8, 4) is 0 Å². The molecule has 2 amide bonds. The third-order valence-electron chi connectivity index (χ3n) is 9.76. The molecule has 0 fully saturated rings. The molecule has 2 aromatic heterocycles. The minimum Gasteiger partial charge on any atom is -0.388 e. The normalized spacial score (nSPS) is 15.2. The maximum Gasteiger partial charge on any atom is 0.238 e. The summed E-state index contributed by atoms with van der Waals surface area (Å²) in [5, 5.41) is 29.5. The van der Waals surface area contributed by atoms with Gasteiger partial charge in [-0.15, -0.1) is 0 Å². The van der Waals surface area contributed by atoms with Crippen LogP contribution in [0, 0.1) is 11.8 Å². The van der Waals surface area contributed by atoms with Gasteiger partial charge in [-0.1, -0.05) is 88.4 Å². The highest BCUT2D eigenvalue weighted by atomic mass is 32.2. The van der Waals surface area contributed by atoms with Crippen LogP contribution in [0.4, 0.5) is 0 Å². The molecule has 0 bridgehead atoms. The van der Waals surface area contributed by atoms with E-state index in [-0.39, 0.29) is 37.2 Å². The number of amides is 2. The number of hydrogen-bond acceptors (Lipinski definition) is 10. The Balaban J connectivity index is 1.57. The number of nitrogens with one attached hydrogen (secondary N) is 4. The van der Waals surface area contributed by atoms with E-state index in [4.69, 9.17) is 0 Å². The third-order valence-corrected chi connectivity index (χ3v) is 12.5. The number of aryl methyl sites for hydroxylation is 2. The fraction of sp³-hybridized carbons (Fsp3) is 0.429. The summed E-state index contributed by atoms with van der Waals surface area (Å²) >= 11 is 0. The molecule has 2 unspecified atom stereocenters. The number of benzene rings is 2. The molecule has 0 aliphatic carbocycles. The Bertz CT molecular complexity index is 1930. The Morgan fingerprint density at radius 3 is 1.17 bits per heavy atom. The lowest BCUT2D eigenvalue weighted by molar-refractivity contribution is -0.129. The highest BCUT2D eigenvalue weighted by Gasteiger charge is 2.38. The Morgan fingerprint density at radius 2 is 0.862 bits per heavy atom. The number of sulfonamides is 2. The Labute approximate surface area is 342 Å². The summed E-state index contributed by atoms with van der Waals surface area (Å²) in [7, 11) is -7.90. The lowest BCUT2D eigenvalue weighted by Crippen LogP contribution is -2.61. The van der Waals surface area contributed by atoms with Crippen LogP contribution >= 0.6 is 0 Å². The first-order valence-electron chi connectivity index (χ1n) is 19.4. The second-order valence-electron chi connectivity index (χ2n) is 15.1. The molecule has 6 N–H and O–H groups in total. The second-order valence-corrected chi connectivity index (χ2v) is 18.9. The van der Waals surface area contributed by atoms with E-state index in [1.54, 1.807) is 125 Å². The lowest BCUT2D eigenvalue weighted by atomic mass is 9.90. The standard InChI is InChI=1S/C42H56N6O8S2/c1-29(2)37(47-57(53,54)25-19-31-15-21-43-22-16-31)41(51)45-35(27-33-11-7-5-8-12-33)39(49)40(50)36(28-34-13-9-6-10-14-34)46-42(52)38(30(3)4)48-58(55,56)26-20-32-17-23-44-24-18-32/h5-18,21-24,29-30,35-40,47-50H,19-20,25-28H2,1-4H3,(H,45,51)(H,46,52)/t35-,36-,37?,38?,39-,40+/m0/s1. The molecule has 2 aromatic carbocycles. The molecular formula is C42H56N6O8S2. The van der Waals surface area contributed by atoms with Crippen LogP contribution in [0.15, 0.2) is 110 Å². The van der Waals surface area contributed by atoms with Crippen LogP contribution in [-0.2, 0) is 55.3 Å². The number of pyridine rings is 2. The minimum absolute atomic E-state index is 0.0440. The molecule has 14 nitrogen and oxygen atoms in total. The van der Waals surface area contributed by atoms with Gasteiger partial charge in [-0.05, 0) is 84.0 Å². The van der Waals surface area contributed by atoms with Gasteiger partial charge in [-0.2, -0.15) is 0 Å². The Kier molecular flexibility index (Phi) is 17.5. The Hall–Kier alpha value is -4.58. The molecule has 314 valence electrons. The molecule has 2 heterocycles. The van der Waals surface area contributed by atoms with Crippen LogP contribution in [0.25, 0.3) is 0 Å². The molecule has 0 radical (unpaired) electrons.